The van der Waals surface area contributed by atoms with Crippen LogP contribution in [-0.4, -0.2) is 22.8 Å². The van der Waals surface area contributed by atoms with Crippen LogP contribution in [0.15, 0.2) is 0 Å². The van der Waals surface area contributed by atoms with Crippen molar-refractivity contribution in [3.8, 4) is 0 Å². The minimum Gasteiger partial charge on any atom is -0.390 e. The zero-order valence-corrected chi connectivity index (χ0v) is 8.71. The molecule has 2 saturated heterocycles. The predicted molar refractivity (Wildman–Crippen MR) is 53.6 cm³/mol. The predicted octanol–water partition coefficient (Wildman–Crippen LogP) is 1.68. The Morgan fingerprint density at radius 3 is 2.92 bits per heavy atom. The third kappa shape index (κ3) is 1.62. The van der Waals surface area contributed by atoms with Gasteiger partial charge in [-0.1, -0.05) is 13.3 Å². The van der Waals surface area contributed by atoms with E-state index in [1.807, 2.05) is 6.92 Å². The summed E-state index contributed by atoms with van der Waals surface area (Å²) in [4.78, 5) is 0. The molecule has 0 aliphatic carbocycles. The second-order valence-corrected chi connectivity index (χ2v) is 5.00. The summed E-state index contributed by atoms with van der Waals surface area (Å²) in [6, 6.07) is 1.18. The van der Waals surface area contributed by atoms with Crippen molar-refractivity contribution in [1.82, 2.24) is 5.32 Å². The first-order valence-electron chi connectivity index (χ1n) is 5.62. The third-order valence-electron chi connectivity index (χ3n) is 3.82. The van der Waals surface area contributed by atoms with Crippen LogP contribution in [0.1, 0.15) is 46.0 Å². The highest BCUT2D eigenvalue weighted by molar-refractivity contribution is 5.03. The van der Waals surface area contributed by atoms with Gasteiger partial charge in [-0.25, -0.2) is 0 Å². The molecule has 2 bridgehead atoms. The van der Waals surface area contributed by atoms with Gasteiger partial charge in [-0.05, 0) is 32.6 Å². The lowest BCUT2D eigenvalue weighted by Gasteiger charge is -2.42. The Labute approximate surface area is 80.7 Å². The summed E-state index contributed by atoms with van der Waals surface area (Å²) < 4.78 is 0. The molecule has 2 heterocycles. The Hall–Kier alpha value is -0.0800. The van der Waals surface area contributed by atoms with E-state index in [0.717, 1.165) is 12.8 Å². The maximum Gasteiger partial charge on any atom is 0.0677 e. The summed E-state index contributed by atoms with van der Waals surface area (Å²) in [7, 11) is 0. The molecular weight excluding hydrogens is 162 g/mol. The second kappa shape index (κ2) is 3.25. The number of nitrogens with one attached hydrogen (secondary N) is 1. The molecule has 2 rings (SSSR count). The molecule has 2 nitrogen and oxygen atoms in total. The molecule has 76 valence electrons. The van der Waals surface area contributed by atoms with Crippen LogP contribution in [0.4, 0.5) is 0 Å². The van der Waals surface area contributed by atoms with Gasteiger partial charge in [0.05, 0.1) is 5.60 Å². The van der Waals surface area contributed by atoms with Crippen LogP contribution >= 0.6 is 0 Å². The minimum atomic E-state index is -0.410. The van der Waals surface area contributed by atoms with Gasteiger partial charge in [-0.3, -0.25) is 0 Å². The van der Waals surface area contributed by atoms with Crippen molar-refractivity contribution in [1.29, 1.82) is 0 Å². The maximum absolute atomic E-state index is 10.3. The number of hydrogen-bond acceptors (Lipinski definition) is 2. The van der Waals surface area contributed by atoms with Crippen molar-refractivity contribution in [2.24, 2.45) is 5.92 Å². The summed E-state index contributed by atoms with van der Waals surface area (Å²) >= 11 is 0. The maximum atomic E-state index is 10.3. The van der Waals surface area contributed by atoms with Crippen molar-refractivity contribution < 1.29 is 5.11 Å². The molecule has 4 unspecified atom stereocenters. The molecule has 0 radical (unpaired) electrons. The molecule has 0 aromatic carbocycles. The molecule has 0 spiro atoms. The van der Waals surface area contributed by atoms with Gasteiger partial charge in [0.15, 0.2) is 0 Å². The van der Waals surface area contributed by atoms with E-state index < -0.39 is 5.60 Å². The van der Waals surface area contributed by atoms with E-state index in [4.69, 9.17) is 0 Å². The molecule has 13 heavy (non-hydrogen) atoms. The lowest BCUT2D eigenvalue weighted by atomic mass is 9.76. The summed E-state index contributed by atoms with van der Waals surface area (Å²) in [5, 5.41) is 13.9. The van der Waals surface area contributed by atoms with Gasteiger partial charge in [0.25, 0.3) is 0 Å². The standard InChI is InChI=1S/C11H21NO/c1-3-4-9-10-6-5-8(12-10)7-11(9,2)13/h8-10,12-13H,3-7H2,1-2H3. The first-order valence-corrected chi connectivity index (χ1v) is 5.62. The largest absolute Gasteiger partial charge is 0.390 e. The van der Waals surface area contributed by atoms with Gasteiger partial charge >= 0.3 is 0 Å². The average molecular weight is 183 g/mol. The molecule has 0 amide bonds. The van der Waals surface area contributed by atoms with E-state index in [1.165, 1.54) is 19.3 Å². The fraction of sp³-hybridized carbons (Fsp3) is 1.00. The van der Waals surface area contributed by atoms with E-state index in [1.54, 1.807) is 0 Å². The first-order chi connectivity index (χ1) is 6.13. The summed E-state index contributed by atoms with van der Waals surface area (Å²) in [5.41, 5.74) is -0.410. The quantitative estimate of drug-likeness (QED) is 0.682. The molecule has 2 fully saturated rings. The zero-order chi connectivity index (χ0) is 9.47. The molecule has 2 aliphatic rings. The molecule has 2 heteroatoms. The lowest BCUT2D eigenvalue weighted by molar-refractivity contribution is -0.0474. The number of rotatable bonds is 2. The Balaban J connectivity index is 2.11. The highest BCUT2D eigenvalue weighted by Crippen LogP contribution is 2.40. The Kier molecular flexibility index (Phi) is 2.37. The van der Waals surface area contributed by atoms with Crippen molar-refractivity contribution in [3.05, 3.63) is 0 Å². The smallest absolute Gasteiger partial charge is 0.0677 e. The molecule has 0 saturated carbocycles. The van der Waals surface area contributed by atoms with E-state index in [-0.39, 0.29) is 0 Å². The molecule has 4 atom stereocenters. The van der Waals surface area contributed by atoms with Gasteiger partial charge in [0.2, 0.25) is 0 Å². The van der Waals surface area contributed by atoms with Crippen LogP contribution in [0.25, 0.3) is 0 Å². The van der Waals surface area contributed by atoms with Gasteiger partial charge in [0.1, 0.15) is 0 Å². The molecular formula is C11H21NO. The van der Waals surface area contributed by atoms with Gasteiger partial charge < -0.3 is 10.4 Å². The first kappa shape index (κ1) is 9.47. The fourth-order valence-corrected chi connectivity index (χ4v) is 3.24. The fourth-order valence-electron chi connectivity index (χ4n) is 3.24. The van der Waals surface area contributed by atoms with Crippen LogP contribution in [0.3, 0.4) is 0 Å². The van der Waals surface area contributed by atoms with Crippen LogP contribution in [0.5, 0.6) is 0 Å². The molecule has 2 aliphatic heterocycles. The Bertz CT molecular complexity index is 191. The van der Waals surface area contributed by atoms with Crippen molar-refractivity contribution in [2.45, 2.75) is 63.6 Å². The monoisotopic (exact) mass is 183 g/mol. The van der Waals surface area contributed by atoms with Crippen LogP contribution in [-0.2, 0) is 0 Å². The minimum absolute atomic E-state index is 0.410. The molecule has 0 aromatic rings. The van der Waals surface area contributed by atoms with Gasteiger partial charge in [-0.15, -0.1) is 0 Å². The summed E-state index contributed by atoms with van der Waals surface area (Å²) in [5.74, 6) is 0.483. The van der Waals surface area contributed by atoms with Gasteiger partial charge in [-0.2, -0.15) is 0 Å². The van der Waals surface area contributed by atoms with Crippen LogP contribution in [0.2, 0.25) is 0 Å². The summed E-state index contributed by atoms with van der Waals surface area (Å²) in [6.07, 6.45) is 5.84. The highest BCUT2D eigenvalue weighted by Gasteiger charge is 2.46. The third-order valence-corrected chi connectivity index (χ3v) is 3.82. The van der Waals surface area contributed by atoms with Crippen molar-refractivity contribution >= 4 is 0 Å². The number of fused-ring (bicyclic) bond motifs is 2. The van der Waals surface area contributed by atoms with E-state index in [9.17, 15) is 5.11 Å². The molecule has 0 aromatic heterocycles. The van der Waals surface area contributed by atoms with Crippen molar-refractivity contribution in [2.75, 3.05) is 0 Å². The van der Waals surface area contributed by atoms with Crippen LogP contribution < -0.4 is 5.32 Å². The highest BCUT2D eigenvalue weighted by atomic mass is 16.3. The lowest BCUT2D eigenvalue weighted by Crippen LogP contribution is -2.54. The number of hydrogen-bond donors (Lipinski definition) is 2. The summed E-state index contributed by atoms with van der Waals surface area (Å²) in [6.45, 7) is 4.23. The molecule has 2 N–H and O–H groups in total. The zero-order valence-electron chi connectivity index (χ0n) is 8.71. The van der Waals surface area contributed by atoms with E-state index >= 15 is 0 Å². The topological polar surface area (TPSA) is 32.3 Å². The van der Waals surface area contributed by atoms with E-state index in [0.29, 0.717) is 18.0 Å². The normalized spacial score (nSPS) is 49.6. The Morgan fingerprint density at radius 2 is 2.23 bits per heavy atom. The van der Waals surface area contributed by atoms with E-state index in [2.05, 4.69) is 12.2 Å². The van der Waals surface area contributed by atoms with Crippen molar-refractivity contribution in [3.63, 3.8) is 0 Å². The second-order valence-electron chi connectivity index (χ2n) is 5.00. The SMILES string of the molecule is CCCC1C2CCC(CC1(C)O)N2. The van der Waals surface area contributed by atoms with Crippen LogP contribution in [0, 0.1) is 5.92 Å². The average Bonchev–Trinajstić information content (AvgIpc) is 2.42. The van der Waals surface area contributed by atoms with Gasteiger partial charge in [0, 0.05) is 18.0 Å². The Morgan fingerprint density at radius 1 is 1.46 bits per heavy atom. The number of piperidine rings is 1. The number of aliphatic hydroxyl groups is 1.